The SMILES string of the molecule is CCn1cc([C@H]2[C@H](N)CC(=O)N2C)cn1. The van der Waals surface area contributed by atoms with E-state index in [1.165, 1.54) is 0 Å². The second-order valence-electron chi connectivity index (χ2n) is 3.95. The maximum atomic E-state index is 11.5. The van der Waals surface area contributed by atoms with Crippen molar-refractivity contribution in [2.75, 3.05) is 7.05 Å². The molecule has 1 saturated heterocycles. The lowest BCUT2D eigenvalue weighted by Crippen LogP contribution is -2.29. The van der Waals surface area contributed by atoms with Gasteiger partial charge in [0.25, 0.3) is 0 Å². The van der Waals surface area contributed by atoms with Crippen LogP contribution in [0.2, 0.25) is 0 Å². The van der Waals surface area contributed by atoms with Gasteiger partial charge in [0, 0.05) is 37.8 Å². The van der Waals surface area contributed by atoms with Crippen molar-refractivity contribution in [3.63, 3.8) is 0 Å². The van der Waals surface area contributed by atoms with E-state index in [0.29, 0.717) is 6.42 Å². The summed E-state index contributed by atoms with van der Waals surface area (Å²) >= 11 is 0. The van der Waals surface area contributed by atoms with E-state index >= 15 is 0 Å². The van der Waals surface area contributed by atoms with Crippen LogP contribution in [0.3, 0.4) is 0 Å². The van der Waals surface area contributed by atoms with E-state index in [1.54, 1.807) is 18.1 Å². The fourth-order valence-electron chi connectivity index (χ4n) is 2.08. The molecule has 1 aliphatic rings. The summed E-state index contributed by atoms with van der Waals surface area (Å²) < 4.78 is 1.85. The lowest BCUT2D eigenvalue weighted by atomic mass is 10.1. The summed E-state index contributed by atoms with van der Waals surface area (Å²) in [5.41, 5.74) is 6.97. The van der Waals surface area contributed by atoms with Crippen LogP contribution in [0.4, 0.5) is 0 Å². The smallest absolute Gasteiger partial charge is 0.224 e. The fraction of sp³-hybridized carbons (Fsp3) is 0.600. The lowest BCUT2D eigenvalue weighted by Gasteiger charge is -2.21. The number of carbonyl (C=O) groups excluding carboxylic acids is 1. The van der Waals surface area contributed by atoms with Crippen LogP contribution in [0, 0.1) is 0 Å². The molecule has 0 unspecified atom stereocenters. The van der Waals surface area contributed by atoms with Crippen LogP contribution in [0.1, 0.15) is 24.9 Å². The molecule has 15 heavy (non-hydrogen) atoms. The molecule has 1 aliphatic heterocycles. The quantitative estimate of drug-likeness (QED) is 0.751. The van der Waals surface area contributed by atoms with Gasteiger partial charge in [-0.05, 0) is 6.92 Å². The Bertz CT molecular complexity index is 373. The van der Waals surface area contributed by atoms with Crippen LogP contribution in [0.25, 0.3) is 0 Å². The Labute approximate surface area is 88.8 Å². The number of aryl methyl sites for hydroxylation is 1. The van der Waals surface area contributed by atoms with Crippen LogP contribution < -0.4 is 5.73 Å². The normalized spacial score (nSPS) is 26.3. The molecule has 5 heteroatoms. The van der Waals surface area contributed by atoms with Gasteiger partial charge in [-0.15, -0.1) is 0 Å². The Morgan fingerprint density at radius 3 is 2.87 bits per heavy atom. The molecule has 2 atom stereocenters. The van der Waals surface area contributed by atoms with Crippen LogP contribution in [-0.4, -0.2) is 33.7 Å². The number of likely N-dealkylation sites (tertiary alicyclic amines) is 1. The highest BCUT2D eigenvalue weighted by Crippen LogP contribution is 2.29. The molecule has 0 saturated carbocycles. The maximum Gasteiger partial charge on any atom is 0.224 e. The molecule has 2 rings (SSSR count). The second-order valence-corrected chi connectivity index (χ2v) is 3.95. The number of carbonyl (C=O) groups is 1. The summed E-state index contributed by atoms with van der Waals surface area (Å²) in [6.07, 6.45) is 4.18. The Hall–Kier alpha value is -1.36. The second kappa shape index (κ2) is 3.66. The molecule has 0 aliphatic carbocycles. The van der Waals surface area contributed by atoms with Crippen molar-refractivity contribution in [2.45, 2.75) is 32.0 Å². The van der Waals surface area contributed by atoms with E-state index < -0.39 is 0 Å². The zero-order valence-electron chi connectivity index (χ0n) is 9.05. The van der Waals surface area contributed by atoms with Gasteiger partial charge in [0.15, 0.2) is 0 Å². The number of aromatic nitrogens is 2. The van der Waals surface area contributed by atoms with Gasteiger partial charge in [-0.1, -0.05) is 0 Å². The summed E-state index contributed by atoms with van der Waals surface area (Å²) in [6.45, 7) is 2.86. The Kier molecular flexibility index (Phi) is 2.48. The number of nitrogens with two attached hydrogens (primary N) is 1. The number of amides is 1. The first-order chi connectivity index (χ1) is 7.13. The standard InChI is InChI=1S/C10H16N4O/c1-3-14-6-7(5-12-14)10-8(11)4-9(15)13(10)2/h5-6,8,10H,3-4,11H2,1-2H3/t8-,10+/m1/s1. The molecular weight excluding hydrogens is 192 g/mol. The number of likely N-dealkylation sites (N-methyl/N-ethyl adjacent to an activating group) is 1. The van der Waals surface area contributed by atoms with E-state index in [4.69, 9.17) is 5.73 Å². The lowest BCUT2D eigenvalue weighted by molar-refractivity contribution is -0.127. The first-order valence-electron chi connectivity index (χ1n) is 5.17. The minimum absolute atomic E-state index is 0.0159. The highest BCUT2D eigenvalue weighted by atomic mass is 16.2. The molecule has 0 aromatic carbocycles. The van der Waals surface area contributed by atoms with E-state index in [9.17, 15) is 4.79 Å². The predicted molar refractivity (Wildman–Crippen MR) is 56.0 cm³/mol. The first kappa shape index (κ1) is 10.2. The molecule has 0 radical (unpaired) electrons. The van der Waals surface area contributed by atoms with E-state index in [2.05, 4.69) is 5.10 Å². The highest BCUT2D eigenvalue weighted by Gasteiger charge is 2.36. The summed E-state index contributed by atoms with van der Waals surface area (Å²) in [7, 11) is 1.79. The van der Waals surface area contributed by atoms with Gasteiger partial charge in [0.05, 0.1) is 12.2 Å². The molecule has 0 spiro atoms. The molecule has 5 nitrogen and oxygen atoms in total. The summed E-state index contributed by atoms with van der Waals surface area (Å²) in [5, 5.41) is 4.20. The van der Waals surface area contributed by atoms with Crippen molar-refractivity contribution < 1.29 is 4.79 Å². The minimum atomic E-state index is -0.114. The average molecular weight is 208 g/mol. The molecule has 1 amide bonds. The van der Waals surface area contributed by atoms with E-state index in [1.807, 2.05) is 17.8 Å². The van der Waals surface area contributed by atoms with Crippen LogP contribution >= 0.6 is 0 Å². The fourth-order valence-corrected chi connectivity index (χ4v) is 2.08. The number of hydrogen-bond donors (Lipinski definition) is 1. The molecule has 1 fully saturated rings. The number of rotatable bonds is 2. The zero-order valence-corrected chi connectivity index (χ0v) is 9.05. The highest BCUT2D eigenvalue weighted by molar-refractivity contribution is 5.80. The average Bonchev–Trinajstić information content (AvgIpc) is 2.74. The van der Waals surface area contributed by atoms with Gasteiger partial charge in [0.1, 0.15) is 0 Å². The molecule has 1 aromatic rings. The molecule has 0 bridgehead atoms. The van der Waals surface area contributed by atoms with Crippen molar-refractivity contribution in [1.29, 1.82) is 0 Å². The van der Waals surface area contributed by atoms with Crippen molar-refractivity contribution in [3.8, 4) is 0 Å². The number of nitrogens with zero attached hydrogens (tertiary/aromatic N) is 3. The summed E-state index contributed by atoms with van der Waals surface area (Å²) in [5.74, 6) is 0.108. The monoisotopic (exact) mass is 208 g/mol. The van der Waals surface area contributed by atoms with Crippen molar-refractivity contribution >= 4 is 5.91 Å². The third kappa shape index (κ3) is 1.63. The van der Waals surface area contributed by atoms with Crippen molar-refractivity contribution in [1.82, 2.24) is 14.7 Å². The first-order valence-corrected chi connectivity index (χ1v) is 5.17. The van der Waals surface area contributed by atoms with Crippen LogP contribution in [0.5, 0.6) is 0 Å². The zero-order chi connectivity index (χ0) is 11.0. The summed E-state index contributed by atoms with van der Waals surface area (Å²) in [6, 6.07) is -0.130. The molecule has 2 N–H and O–H groups in total. The topological polar surface area (TPSA) is 64.2 Å². The van der Waals surface area contributed by atoms with Gasteiger partial charge in [-0.2, -0.15) is 5.10 Å². The van der Waals surface area contributed by atoms with Crippen LogP contribution in [0.15, 0.2) is 12.4 Å². The maximum absolute atomic E-state index is 11.5. The Balaban J connectivity index is 2.26. The van der Waals surface area contributed by atoms with Crippen molar-refractivity contribution in [2.24, 2.45) is 5.73 Å². The molecular formula is C10H16N4O. The largest absolute Gasteiger partial charge is 0.337 e. The van der Waals surface area contributed by atoms with Crippen LogP contribution in [-0.2, 0) is 11.3 Å². The van der Waals surface area contributed by atoms with Gasteiger partial charge in [-0.25, -0.2) is 0 Å². The number of hydrogen-bond acceptors (Lipinski definition) is 3. The molecule has 1 aromatic heterocycles. The predicted octanol–water partition coefficient (Wildman–Crippen LogP) is 0.133. The van der Waals surface area contributed by atoms with Gasteiger partial charge < -0.3 is 10.6 Å². The Morgan fingerprint density at radius 2 is 2.40 bits per heavy atom. The third-order valence-corrected chi connectivity index (χ3v) is 2.95. The minimum Gasteiger partial charge on any atom is -0.337 e. The molecule has 2 heterocycles. The van der Waals surface area contributed by atoms with E-state index in [-0.39, 0.29) is 18.0 Å². The third-order valence-electron chi connectivity index (χ3n) is 2.95. The van der Waals surface area contributed by atoms with Gasteiger partial charge >= 0.3 is 0 Å². The molecule has 82 valence electrons. The van der Waals surface area contributed by atoms with Crippen molar-refractivity contribution in [3.05, 3.63) is 18.0 Å². The van der Waals surface area contributed by atoms with Gasteiger partial charge in [0.2, 0.25) is 5.91 Å². The summed E-state index contributed by atoms with van der Waals surface area (Å²) in [4.78, 5) is 13.2. The Morgan fingerprint density at radius 1 is 1.67 bits per heavy atom. The van der Waals surface area contributed by atoms with E-state index in [0.717, 1.165) is 12.1 Å². The van der Waals surface area contributed by atoms with Gasteiger partial charge in [-0.3, -0.25) is 9.48 Å².